The first-order valence-electron chi connectivity index (χ1n) is 23.3. The SMILES string of the molecule is c1ccc(-c2ccc(N(c3ccc(-c4ccc5ccccc5c4)cc3)c3cccc4c3-c3ccccc3C43c4ccccc4C(c4ccccc4)(c4ccccc4)c4ccccc43)cc2)cc1. The minimum Gasteiger partial charge on any atom is -0.310 e. The molecule has 0 bridgehead atoms. The summed E-state index contributed by atoms with van der Waals surface area (Å²) < 4.78 is 0. The van der Waals surface area contributed by atoms with Gasteiger partial charge in [-0.25, -0.2) is 0 Å². The third kappa shape index (κ3) is 5.81. The number of rotatable bonds is 7. The molecule has 0 fully saturated rings. The van der Waals surface area contributed by atoms with E-state index in [1.807, 2.05) is 0 Å². The second-order valence-corrected chi connectivity index (χ2v) is 17.9. The zero-order chi connectivity index (χ0) is 44.4. The molecule has 0 radical (unpaired) electrons. The summed E-state index contributed by atoms with van der Waals surface area (Å²) in [6.07, 6.45) is 0. The van der Waals surface area contributed by atoms with E-state index in [9.17, 15) is 0 Å². The molecule has 0 heterocycles. The highest BCUT2D eigenvalue weighted by Crippen LogP contribution is 2.66. The molecule has 13 rings (SSSR count). The smallest absolute Gasteiger partial charge is 0.0720 e. The predicted octanol–water partition coefficient (Wildman–Crippen LogP) is 16.7. The van der Waals surface area contributed by atoms with E-state index in [0.29, 0.717) is 0 Å². The van der Waals surface area contributed by atoms with E-state index in [4.69, 9.17) is 0 Å². The highest BCUT2D eigenvalue weighted by Gasteiger charge is 2.57. The van der Waals surface area contributed by atoms with E-state index in [1.165, 1.54) is 88.7 Å². The Hall–Kier alpha value is -8.52. The van der Waals surface area contributed by atoms with Crippen LogP contribution in [0.4, 0.5) is 17.1 Å². The van der Waals surface area contributed by atoms with Crippen LogP contribution in [0.1, 0.15) is 44.5 Å². The Bertz CT molecular complexity index is 3520. The number of benzene rings is 11. The van der Waals surface area contributed by atoms with Crippen LogP contribution in [-0.4, -0.2) is 0 Å². The van der Waals surface area contributed by atoms with Crippen molar-refractivity contribution in [3.8, 4) is 33.4 Å². The Morgan fingerprint density at radius 2 is 0.672 bits per heavy atom. The third-order valence-corrected chi connectivity index (χ3v) is 14.6. The maximum absolute atomic E-state index is 2.48. The number of fused-ring (bicyclic) bond motifs is 10. The van der Waals surface area contributed by atoms with Gasteiger partial charge in [0.15, 0.2) is 0 Å². The summed E-state index contributed by atoms with van der Waals surface area (Å²) in [5, 5.41) is 2.49. The van der Waals surface area contributed by atoms with E-state index >= 15 is 0 Å². The first kappa shape index (κ1) is 38.9. The van der Waals surface area contributed by atoms with Crippen LogP contribution in [0.25, 0.3) is 44.2 Å². The van der Waals surface area contributed by atoms with Gasteiger partial charge in [-0.05, 0) is 119 Å². The van der Waals surface area contributed by atoms with Crippen LogP contribution >= 0.6 is 0 Å². The van der Waals surface area contributed by atoms with Gasteiger partial charge in [0.05, 0.1) is 16.5 Å². The summed E-state index contributed by atoms with van der Waals surface area (Å²) in [6.45, 7) is 0. The first-order chi connectivity index (χ1) is 33.2. The van der Waals surface area contributed by atoms with Crippen molar-refractivity contribution in [2.45, 2.75) is 10.8 Å². The molecule has 11 aromatic rings. The van der Waals surface area contributed by atoms with E-state index in [2.05, 4.69) is 278 Å². The molecule has 0 saturated heterocycles. The Morgan fingerprint density at radius 1 is 0.254 bits per heavy atom. The third-order valence-electron chi connectivity index (χ3n) is 14.6. The Balaban J connectivity index is 1.06. The highest BCUT2D eigenvalue weighted by molar-refractivity contribution is 5.99. The fourth-order valence-corrected chi connectivity index (χ4v) is 11.8. The lowest BCUT2D eigenvalue weighted by Crippen LogP contribution is -2.44. The van der Waals surface area contributed by atoms with Crippen molar-refractivity contribution in [3.05, 3.63) is 317 Å². The lowest BCUT2D eigenvalue weighted by atomic mass is 9.51. The standard InChI is InChI=1S/C66H45N/c1-4-19-46(20-5-1)48-37-41-54(42-38-48)67(55-43-39-49(40-44-55)51-36-35-47-21-10-11-22-50(47)45-51)63-34-18-33-62-64(63)56-27-12-13-28-57(56)66(62)60-31-16-14-29-58(60)65(52-23-6-2-7-24-52,53-25-8-3-9-26-53)59-30-15-17-32-61(59)66/h1-45H. The van der Waals surface area contributed by atoms with Crippen LogP contribution < -0.4 is 4.90 Å². The van der Waals surface area contributed by atoms with E-state index in [-0.39, 0.29) is 0 Å². The molecule has 11 aromatic carbocycles. The average Bonchev–Trinajstić information content (AvgIpc) is 3.71. The molecule has 1 heteroatoms. The van der Waals surface area contributed by atoms with Gasteiger partial charge in [0.2, 0.25) is 0 Å². The van der Waals surface area contributed by atoms with Gasteiger partial charge in [-0.2, -0.15) is 0 Å². The molecular formula is C66H45N. The van der Waals surface area contributed by atoms with Crippen molar-refractivity contribution >= 4 is 27.8 Å². The Morgan fingerprint density at radius 3 is 1.25 bits per heavy atom. The molecule has 0 unspecified atom stereocenters. The van der Waals surface area contributed by atoms with Crippen LogP contribution in [0, 0.1) is 0 Å². The molecule has 0 atom stereocenters. The zero-order valence-corrected chi connectivity index (χ0v) is 36.9. The molecule has 1 nitrogen and oxygen atoms in total. The van der Waals surface area contributed by atoms with Crippen LogP contribution in [0.3, 0.4) is 0 Å². The van der Waals surface area contributed by atoms with Crippen LogP contribution in [0.2, 0.25) is 0 Å². The second kappa shape index (κ2) is 15.6. The van der Waals surface area contributed by atoms with Gasteiger partial charge >= 0.3 is 0 Å². The molecule has 0 aliphatic heterocycles. The molecule has 2 aliphatic rings. The normalized spacial score (nSPS) is 13.6. The van der Waals surface area contributed by atoms with Gasteiger partial charge in [-0.1, -0.05) is 237 Å². The lowest BCUT2D eigenvalue weighted by molar-refractivity contribution is 0.623. The second-order valence-electron chi connectivity index (χ2n) is 17.9. The largest absolute Gasteiger partial charge is 0.310 e. The summed E-state index contributed by atoms with van der Waals surface area (Å²) in [5.74, 6) is 0. The van der Waals surface area contributed by atoms with Crippen LogP contribution in [0.5, 0.6) is 0 Å². The first-order valence-corrected chi connectivity index (χ1v) is 23.3. The van der Waals surface area contributed by atoms with Crippen molar-refractivity contribution < 1.29 is 0 Å². The van der Waals surface area contributed by atoms with Crippen LogP contribution in [-0.2, 0) is 10.8 Å². The maximum atomic E-state index is 2.48. The van der Waals surface area contributed by atoms with Gasteiger partial charge in [-0.15, -0.1) is 0 Å². The minimum absolute atomic E-state index is 0.560. The summed E-state index contributed by atoms with van der Waals surface area (Å²) in [4.78, 5) is 2.48. The lowest BCUT2D eigenvalue weighted by Gasteiger charge is -2.50. The maximum Gasteiger partial charge on any atom is 0.0720 e. The molecule has 0 N–H and O–H groups in total. The summed E-state index contributed by atoms with van der Waals surface area (Å²) in [7, 11) is 0. The van der Waals surface area contributed by atoms with Crippen LogP contribution in [0.15, 0.2) is 273 Å². The summed E-state index contributed by atoms with van der Waals surface area (Å²) >= 11 is 0. The van der Waals surface area contributed by atoms with Gasteiger partial charge in [0.1, 0.15) is 0 Å². The molecular weight excluding hydrogens is 807 g/mol. The highest BCUT2D eigenvalue weighted by atomic mass is 15.1. The number of nitrogens with zero attached hydrogens (tertiary/aromatic N) is 1. The van der Waals surface area contributed by atoms with Crippen molar-refractivity contribution in [3.63, 3.8) is 0 Å². The van der Waals surface area contributed by atoms with Crippen molar-refractivity contribution in [1.82, 2.24) is 0 Å². The van der Waals surface area contributed by atoms with E-state index in [0.717, 1.165) is 17.1 Å². The molecule has 0 aromatic heterocycles. The Labute approximate surface area is 392 Å². The fraction of sp³-hybridized carbons (Fsp3) is 0.0303. The molecule has 2 aliphatic carbocycles. The van der Waals surface area contributed by atoms with Crippen molar-refractivity contribution in [2.75, 3.05) is 4.90 Å². The topological polar surface area (TPSA) is 3.24 Å². The number of hydrogen-bond acceptors (Lipinski definition) is 1. The minimum atomic E-state index is -0.606. The number of hydrogen-bond donors (Lipinski definition) is 0. The average molecular weight is 852 g/mol. The zero-order valence-electron chi connectivity index (χ0n) is 36.9. The fourth-order valence-electron chi connectivity index (χ4n) is 11.8. The quantitative estimate of drug-likeness (QED) is 0.154. The molecule has 314 valence electrons. The van der Waals surface area contributed by atoms with Gasteiger partial charge in [0, 0.05) is 16.9 Å². The number of anilines is 3. The molecule has 0 saturated carbocycles. The molecule has 0 amide bonds. The van der Waals surface area contributed by atoms with Crippen molar-refractivity contribution in [1.29, 1.82) is 0 Å². The van der Waals surface area contributed by atoms with Gasteiger partial charge in [-0.3, -0.25) is 0 Å². The molecule has 67 heavy (non-hydrogen) atoms. The van der Waals surface area contributed by atoms with Gasteiger partial charge < -0.3 is 4.90 Å². The monoisotopic (exact) mass is 851 g/mol. The summed E-state index contributed by atoms with van der Waals surface area (Å²) in [6, 6.07) is 101. The predicted molar refractivity (Wildman–Crippen MR) is 279 cm³/mol. The van der Waals surface area contributed by atoms with Gasteiger partial charge in [0.25, 0.3) is 0 Å². The summed E-state index contributed by atoms with van der Waals surface area (Å²) in [5.41, 5.74) is 19.8. The van der Waals surface area contributed by atoms with E-state index in [1.54, 1.807) is 0 Å². The van der Waals surface area contributed by atoms with E-state index < -0.39 is 10.8 Å². The Kier molecular flexibility index (Phi) is 9.05. The molecule has 1 spiro atoms. The van der Waals surface area contributed by atoms with Crippen molar-refractivity contribution in [2.24, 2.45) is 0 Å².